The monoisotopic (exact) mass is 216 g/mol. The maximum absolute atomic E-state index is 10.7. The summed E-state index contributed by atoms with van der Waals surface area (Å²) in [6.45, 7) is 1.31. The Balaban J connectivity index is 0.000000151. The van der Waals surface area contributed by atoms with E-state index in [9.17, 15) is 4.79 Å². The van der Waals surface area contributed by atoms with Gasteiger partial charge >= 0.3 is 0 Å². The first-order valence-corrected chi connectivity index (χ1v) is 5.82. The first kappa shape index (κ1) is 12.6. The van der Waals surface area contributed by atoms with E-state index in [1.54, 1.807) is 0 Å². The van der Waals surface area contributed by atoms with Gasteiger partial charge in [0.1, 0.15) is 5.78 Å². The van der Waals surface area contributed by atoms with E-state index < -0.39 is 0 Å². The summed E-state index contributed by atoms with van der Waals surface area (Å²) in [5.41, 5.74) is 0. The smallest absolute Gasteiger partial charge is 0.132 e. The highest BCUT2D eigenvalue weighted by atomic mass is 17.5. The van der Waals surface area contributed by atoms with Crippen molar-refractivity contribution in [1.82, 2.24) is 0 Å². The lowest BCUT2D eigenvalue weighted by atomic mass is 10.2. The van der Waals surface area contributed by atoms with Crippen LogP contribution in [0.15, 0.2) is 0 Å². The maximum Gasteiger partial charge on any atom is 0.132 e. The second-order valence-corrected chi connectivity index (χ2v) is 3.87. The Morgan fingerprint density at radius 2 is 1.27 bits per heavy atom. The number of Topliss-reactive ketones (excluding diaryl/α,β-unsaturated/α-hetero) is 1. The molecule has 2 fully saturated rings. The van der Waals surface area contributed by atoms with Gasteiger partial charge in [0.05, 0.1) is 13.2 Å². The van der Waals surface area contributed by atoms with Crippen molar-refractivity contribution >= 4 is 5.78 Å². The third-order valence-corrected chi connectivity index (χ3v) is 2.46. The SMILES string of the molecule is C1CCOOOC1.O=C1CCCCCC1. The lowest BCUT2D eigenvalue weighted by molar-refractivity contribution is -0.504. The molecule has 4 nitrogen and oxygen atoms in total. The van der Waals surface area contributed by atoms with E-state index in [0.29, 0.717) is 19.0 Å². The molecule has 88 valence electrons. The van der Waals surface area contributed by atoms with Gasteiger partial charge < -0.3 is 0 Å². The van der Waals surface area contributed by atoms with E-state index in [2.05, 4.69) is 14.8 Å². The third-order valence-electron chi connectivity index (χ3n) is 2.46. The molecule has 0 radical (unpaired) electrons. The minimum atomic E-state index is 0.475. The summed E-state index contributed by atoms with van der Waals surface area (Å²) in [6.07, 6.45) is 8.56. The summed E-state index contributed by atoms with van der Waals surface area (Å²) in [5.74, 6) is 0.475. The van der Waals surface area contributed by atoms with E-state index in [1.165, 1.54) is 12.8 Å². The minimum absolute atomic E-state index is 0.475. The van der Waals surface area contributed by atoms with E-state index in [-0.39, 0.29) is 0 Å². The molecule has 0 aromatic carbocycles. The molecule has 0 amide bonds. The quantitative estimate of drug-likeness (QED) is 0.461. The fraction of sp³-hybridized carbons (Fsp3) is 0.909. The fourth-order valence-corrected chi connectivity index (χ4v) is 1.55. The summed E-state index contributed by atoms with van der Waals surface area (Å²) in [7, 11) is 0. The van der Waals surface area contributed by atoms with Crippen LogP contribution >= 0.6 is 0 Å². The van der Waals surface area contributed by atoms with Crippen LogP contribution in [-0.4, -0.2) is 19.0 Å². The van der Waals surface area contributed by atoms with Gasteiger partial charge in [0.25, 0.3) is 0 Å². The Bertz CT molecular complexity index is 140. The van der Waals surface area contributed by atoms with Crippen molar-refractivity contribution in [3.8, 4) is 0 Å². The van der Waals surface area contributed by atoms with Gasteiger partial charge in [-0.3, -0.25) is 4.79 Å². The summed E-state index contributed by atoms with van der Waals surface area (Å²) >= 11 is 0. The molecule has 2 rings (SSSR count). The Kier molecular flexibility index (Phi) is 7.42. The molecule has 0 N–H and O–H groups in total. The van der Waals surface area contributed by atoms with E-state index in [1.807, 2.05) is 0 Å². The van der Waals surface area contributed by atoms with Crippen molar-refractivity contribution in [2.24, 2.45) is 0 Å². The zero-order valence-electron chi connectivity index (χ0n) is 9.20. The van der Waals surface area contributed by atoms with Gasteiger partial charge in [-0.25, -0.2) is 9.78 Å². The molecule has 1 saturated heterocycles. The Hall–Kier alpha value is -0.450. The third kappa shape index (κ3) is 7.48. The number of hydrogen-bond acceptors (Lipinski definition) is 4. The average molecular weight is 216 g/mol. The molecule has 0 aromatic heterocycles. The van der Waals surface area contributed by atoms with Crippen LogP contribution in [0.3, 0.4) is 0 Å². The molecule has 1 aliphatic carbocycles. The van der Waals surface area contributed by atoms with Crippen molar-refractivity contribution in [2.45, 2.75) is 51.4 Å². The van der Waals surface area contributed by atoms with Crippen LogP contribution < -0.4 is 0 Å². The van der Waals surface area contributed by atoms with Gasteiger partial charge in [-0.05, 0) is 25.7 Å². The van der Waals surface area contributed by atoms with Crippen LogP contribution in [0, 0.1) is 0 Å². The average Bonchev–Trinajstić information content (AvgIpc) is 2.64. The molecule has 1 heterocycles. The van der Waals surface area contributed by atoms with Crippen molar-refractivity contribution < 1.29 is 19.6 Å². The summed E-state index contributed by atoms with van der Waals surface area (Å²) in [5, 5.41) is 4.19. The lowest BCUT2D eigenvalue weighted by Crippen LogP contribution is -1.91. The summed E-state index contributed by atoms with van der Waals surface area (Å²) in [4.78, 5) is 19.6. The van der Waals surface area contributed by atoms with Crippen LogP contribution in [0.2, 0.25) is 0 Å². The molecule has 2 aliphatic rings. The topological polar surface area (TPSA) is 44.8 Å². The highest BCUT2D eigenvalue weighted by molar-refractivity contribution is 5.78. The molecule has 0 aromatic rings. The largest absolute Gasteiger partial charge is 0.300 e. The molecule has 1 aliphatic heterocycles. The second-order valence-electron chi connectivity index (χ2n) is 3.87. The van der Waals surface area contributed by atoms with Crippen molar-refractivity contribution in [1.29, 1.82) is 0 Å². The molecule has 0 unspecified atom stereocenters. The zero-order chi connectivity index (χ0) is 10.8. The second kappa shape index (κ2) is 8.83. The van der Waals surface area contributed by atoms with Crippen LogP contribution in [0.25, 0.3) is 0 Å². The Morgan fingerprint density at radius 3 is 1.80 bits per heavy atom. The zero-order valence-corrected chi connectivity index (χ0v) is 9.20. The van der Waals surface area contributed by atoms with Crippen LogP contribution in [0.4, 0.5) is 0 Å². The van der Waals surface area contributed by atoms with Gasteiger partial charge in [-0.2, -0.15) is 0 Å². The molecule has 1 saturated carbocycles. The summed E-state index contributed by atoms with van der Waals surface area (Å²) < 4.78 is 0. The highest BCUT2D eigenvalue weighted by Gasteiger charge is 2.05. The van der Waals surface area contributed by atoms with Crippen molar-refractivity contribution in [2.75, 3.05) is 13.2 Å². The van der Waals surface area contributed by atoms with Crippen LogP contribution in [0.5, 0.6) is 0 Å². The molecule has 0 bridgehead atoms. The Labute approximate surface area is 90.7 Å². The maximum atomic E-state index is 10.7. The van der Waals surface area contributed by atoms with Gasteiger partial charge in [-0.1, -0.05) is 17.9 Å². The van der Waals surface area contributed by atoms with Gasteiger partial charge in [0.15, 0.2) is 0 Å². The fourth-order valence-electron chi connectivity index (χ4n) is 1.55. The molecular weight excluding hydrogens is 196 g/mol. The molecule has 0 spiro atoms. The number of rotatable bonds is 0. The number of ketones is 1. The van der Waals surface area contributed by atoms with Crippen LogP contribution in [-0.2, 0) is 19.6 Å². The predicted molar refractivity (Wildman–Crippen MR) is 54.9 cm³/mol. The standard InChI is InChI=1S/C7H12O.C4H8O3/c8-7-5-3-1-2-4-6-7;1-2-4-6-7-5-3-1/h1-6H2;1-4H2. The molecule has 0 atom stereocenters. The highest BCUT2D eigenvalue weighted by Crippen LogP contribution is 2.12. The van der Waals surface area contributed by atoms with Crippen LogP contribution in [0.1, 0.15) is 51.4 Å². The van der Waals surface area contributed by atoms with E-state index >= 15 is 0 Å². The van der Waals surface area contributed by atoms with Gasteiger partial charge in [0.2, 0.25) is 0 Å². The predicted octanol–water partition coefficient (Wildman–Crippen LogP) is 2.57. The summed E-state index contributed by atoms with van der Waals surface area (Å²) in [6, 6.07) is 0. The van der Waals surface area contributed by atoms with E-state index in [4.69, 9.17) is 0 Å². The number of hydrogen-bond donors (Lipinski definition) is 0. The first-order chi connectivity index (χ1) is 7.39. The normalized spacial score (nSPS) is 23.3. The van der Waals surface area contributed by atoms with Crippen molar-refractivity contribution in [3.63, 3.8) is 0 Å². The van der Waals surface area contributed by atoms with Crippen molar-refractivity contribution in [3.05, 3.63) is 0 Å². The molecule has 4 heteroatoms. The molecular formula is C11H20O4. The lowest BCUT2D eigenvalue weighted by Gasteiger charge is -1.90. The number of carbonyl (C=O) groups is 1. The van der Waals surface area contributed by atoms with E-state index in [0.717, 1.165) is 38.5 Å². The molecule has 15 heavy (non-hydrogen) atoms. The minimum Gasteiger partial charge on any atom is -0.300 e. The number of carbonyl (C=O) groups excluding carboxylic acids is 1. The van der Waals surface area contributed by atoms with Gasteiger partial charge in [0, 0.05) is 12.8 Å². The first-order valence-electron chi connectivity index (χ1n) is 5.82. The van der Waals surface area contributed by atoms with Gasteiger partial charge in [-0.15, -0.1) is 0 Å². The Morgan fingerprint density at radius 1 is 0.733 bits per heavy atom.